The smallest absolute Gasteiger partial charge is 0.242 e. The monoisotopic (exact) mass is 260 g/mol. The summed E-state index contributed by atoms with van der Waals surface area (Å²) < 4.78 is 0. The standard InChI is InChI=1S/C13H24N2O.ClH/c1-2-9-15(10-11-5-6-11)12(16)13(14)7-3-4-8-13;/h11H,2-10,14H2,1H3;1H. The molecule has 4 heteroatoms. The lowest BCUT2D eigenvalue weighted by atomic mass is 9.97. The van der Waals surface area contributed by atoms with Crippen LogP contribution in [0.5, 0.6) is 0 Å². The molecule has 1 amide bonds. The Morgan fingerprint density at radius 3 is 2.41 bits per heavy atom. The van der Waals surface area contributed by atoms with Gasteiger partial charge in [0, 0.05) is 13.1 Å². The minimum atomic E-state index is -0.524. The van der Waals surface area contributed by atoms with E-state index in [4.69, 9.17) is 5.73 Å². The van der Waals surface area contributed by atoms with Crippen LogP contribution in [0.1, 0.15) is 51.9 Å². The molecule has 3 nitrogen and oxygen atoms in total. The van der Waals surface area contributed by atoms with Crippen LogP contribution in [-0.4, -0.2) is 29.4 Å². The maximum atomic E-state index is 12.4. The average molecular weight is 261 g/mol. The van der Waals surface area contributed by atoms with Crippen molar-refractivity contribution in [2.75, 3.05) is 13.1 Å². The molecule has 0 spiro atoms. The average Bonchev–Trinajstić information content (AvgIpc) is 2.97. The first-order valence-electron chi connectivity index (χ1n) is 6.74. The third kappa shape index (κ3) is 3.59. The van der Waals surface area contributed by atoms with Crippen molar-refractivity contribution in [3.8, 4) is 0 Å². The number of nitrogens with two attached hydrogens (primary N) is 1. The van der Waals surface area contributed by atoms with Gasteiger partial charge in [0.05, 0.1) is 5.54 Å². The van der Waals surface area contributed by atoms with E-state index in [2.05, 4.69) is 6.92 Å². The number of carbonyl (C=O) groups excluding carboxylic acids is 1. The van der Waals surface area contributed by atoms with E-state index in [-0.39, 0.29) is 18.3 Å². The Hall–Kier alpha value is -0.280. The Balaban J connectivity index is 0.00000144. The van der Waals surface area contributed by atoms with Crippen LogP contribution in [0.25, 0.3) is 0 Å². The van der Waals surface area contributed by atoms with Crippen LogP contribution >= 0.6 is 12.4 Å². The molecule has 100 valence electrons. The molecular formula is C13H25ClN2O. The molecule has 0 unspecified atom stereocenters. The second-order valence-corrected chi connectivity index (χ2v) is 5.56. The summed E-state index contributed by atoms with van der Waals surface area (Å²) in [6.07, 6.45) is 7.63. The van der Waals surface area contributed by atoms with Gasteiger partial charge in [-0.05, 0) is 38.0 Å². The second-order valence-electron chi connectivity index (χ2n) is 5.56. The molecule has 0 aliphatic heterocycles. The van der Waals surface area contributed by atoms with Crippen LogP contribution in [0, 0.1) is 5.92 Å². The van der Waals surface area contributed by atoms with E-state index in [0.717, 1.165) is 51.1 Å². The lowest BCUT2D eigenvalue weighted by Gasteiger charge is -2.31. The van der Waals surface area contributed by atoms with E-state index < -0.39 is 5.54 Å². The van der Waals surface area contributed by atoms with Gasteiger partial charge in [0.1, 0.15) is 0 Å². The second kappa shape index (κ2) is 6.05. The number of hydrogen-bond donors (Lipinski definition) is 1. The fraction of sp³-hybridized carbons (Fsp3) is 0.923. The predicted molar refractivity (Wildman–Crippen MR) is 72.2 cm³/mol. The number of nitrogens with zero attached hydrogens (tertiary/aromatic N) is 1. The Labute approximate surface area is 111 Å². The van der Waals surface area contributed by atoms with Crippen LogP contribution in [0.4, 0.5) is 0 Å². The fourth-order valence-corrected chi connectivity index (χ4v) is 2.69. The van der Waals surface area contributed by atoms with E-state index in [9.17, 15) is 4.79 Å². The lowest BCUT2D eigenvalue weighted by molar-refractivity contribution is -0.137. The minimum absolute atomic E-state index is 0. The quantitative estimate of drug-likeness (QED) is 0.825. The summed E-state index contributed by atoms with van der Waals surface area (Å²) in [5, 5.41) is 0. The van der Waals surface area contributed by atoms with Crippen molar-refractivity contribution < 1.29 is 4.79 Å². The molecule has 2 aliphatic rings. The van der Waals surface area contributed by atoms with E-state index in [1.54, 1.807) is 0 Å². The highest BCUT2D eigenvalue weighted by Gasteiger charge is 2.40. The highest BCUT2D eigenvalue weighted by molar-refractivity contribution is 5.86. The first-order chi connectivity index (χ1) is 7.65. The molecule has 2 N–H and O–H groups in total. The first kappa shape index (κ1) is 14.8. The predicted octanol–water partition coefficient (Wildman–Crippen LogP) is 2.33. The molecule has 17 heavy (non-hydrogen) atoms. The number of halogens is 1. The van der Waals surface area contributed by atoms with Crippen molar-refractivity contribution >= 4 is 18.3 Å². The maximum Gasteiger partial charge on any atom is 0.242 e. The third-order valence-corrected chi connectivity index (χ3v) is 3.88. The van der Waals surface area contributed by atoms with Gasteiger partial charge in [-0.15, -0.1) is 12.4 Å². The van der Waals surface area contributed by atoms with Crippen molar-refractivity contribution in [3.63, 3.8) is 0 Å². The fourth-order valence-electron chi connectivity index (χ4n) is 2.69. The zero-order valence-corrected chi connectivity index (χ0v) is 11.6. The Bertz CT molecular complexity index is 260. The summed E-state index contributed by atoms with van der Waals surface area (Å²) in [6.45, 7) is 3.96. The van der Waals surface area contributed by atoms with Gasteiger partial charge in [-0.25, -0.2) is 0 Å². The van der Waals surface area contributed by atoms with E-state index in [1.165, 1.54) is 12.8 Å². The molecule has 0 aromatic carbocycles. The minimum Gasteiger partial charge on any atom is -0.341 e. The van der Waals surface area contributed by atoms with Crippen molar-refractivity contribution in [2.45, 2.75) is 57.4 Å². The van der Waals surface area contributed by atoms with Crippen molar-refractivity contribution in [1.29, 1.82) is 0 Å². The SMILES string of the molecule is CCCN(CC1CC1)C(=O)C1(N)CCCC1.Cl. The number of amides is 1. The summed E-state index contributed by atoms with van der Waals surface area (Å²) in [7, 11) is 0. The summed E-state index contributed by atoms with van der Waals surface area (Å²) in [5.74, 6) is 0.985. The van der Waals surface area contributed by atoms with Crippen molar-refractivity contribution in [3.05, 3.63) is 0 Å². The summed E-state index contributed by atoms with van der Waals surface area (Å²) >= 11 is 0. The summed E-state index contributed by atoms with van der Waals surface area (Å²) in [4.78, 5) is 14.5. The normalized spacial score (nSPS) is 22.0. The lowest BCUT2D eigenvalue weighted by Crippen LogP contribution is -2.54. The van der Waals surface area contributed by atoms with Gasteiger partial charge < -0.3 is 10.6 Å². The first-order valence-corrected chi connectivity index (χ1v) is 6.74. The molecule has 2 rings (SSSR count). The van der Waals surface area contributed by atoms with Gasteiger partial charge in [-0.1, -0.05) is 19.8 Å². The van der Waals surface area contributed by atoms with Crippen LogP contribution in [0.3, 0.4) is 0 Å². The maximum absolute atomic E-state index is 12.4. The number of hydrogen-bond acceptors (Lipinski definition) is 2. The van der Waals surface area contributed by atoms with Gasteiger partial charge in [-0.3, -0.25) is 4.79 Å². The van der Waals surface area contributed by atoms with Gasteiger partial charge >= 0.3 is 0 Å². The molecule has 0 heterocycles. The molecule has 0 atom stereocenters. The summed E-state index contributed by atoms with van der Waals surface area (Å²) in [5.41, 5.74) is 5.71. The van der Waals surface area contributed by atoms with Crippen molar-refractivity contribution in [2.24, 2.45) is 11.7 Å². The number of carbonyl (C=O) groups is 1. The van der Waals surface area contributed by atoms with Crippen LogP contribution in [0.2, 0.25) is 0 Å². The molecule has 2 saturated carbocycles. The van der Waals surface area contributed by atoms with E-state index in [0.29, 0.717) is 0 Å². The zero-order valence-electron chi connectivity index (χ0n) is 10.8. The molecule has 0 aromatic rings. The molecule has 0 saturated heterocycles. The van der Waals surface area contributed by atoms with Crippen LogP contribution in [0.15, 0.2) is 0 Å². The van der Waals surface area contributed by atoms with Crippen LogP contribution in [-0.2, 0) is 4.79 Å². The third-order valence-electron chi connectivity index (χ3n) is 3.88. The van der Waals surface area contributed by atoms with Gasteiger partial charge in [0.2, 0.25) is 5.91 Å². The van der Waals surface area contributed by atoms with Crippen molar-refractivity contribution in [1.82, 2.24) is 4.90 Å². The molecule has 0 bridgehead atoms. The molecular weight excluding hydrogens is 236 g/mol. The zero-order chi connectivity index (χ0) is 11.6. The number of rotatable bonds is 5. The molecule has 0 radical (unpaired) electrons. The molecule has 2 aliphatic carbocycles. The van der Waals surface area contributed by atoms with E-state index >= 15 is 0 Å². The van der Waals surface area contributed by atoms with Gasteiger partial charge in [0.15, 0.2) is 0 Å². The van der Waals surface area contributed by atoms with Crippen LogP contribution < -0.4 is 5.73 Å². The summed E-state index contributed by atoms with van der Waals surface area (Å²) in [6, 6.07) is 0. The van der Waals surface area contributed by atoms with E-state index in [1.807, 2.05) is 4.90 Å². The Morgan fingerprint density at radius 2 is 1.94 bits per heavy atom. The highest BCUT2D eigenvalue weighted by atomic mass is 35.5. The van der Waals surface area contributed by atoms with Gasteiger partial charge in [-0.2, -0.15) is 0 Å². The topological polar surface area (TPSA) is 46.3 Å². The van der Waals surface area contributed by atoms with Gasteiger partial charge in [0.25, 0.3) is 0 Å². The molecule has 2 fully saturated rings. The Kier molecular flexibility index (Phi) is 5.26. The highest BCUT2D eigenvalue weighted by Crippen LogP contribution is 2.33. The molecule has 0 aromatic heterocycles. The largest absolute Gasteiger partial charge is 0.341 e. The Morgan fingerprint density at radius 1 is 1.35 bits per heavy atom.